The van der Waals surface area contributed by atoms with Crippen LogP contribution >= 0.6 is 11.3 Å². The van der Waals surface area contributed by atoms with E-state index in [4.69, 9.17) is 0 Å². The number of piperazine rings is 1. The fourth-order valence-electron chi connectivity index (χ4n) is 3.18. The van der Waals surface area contributed by atoms with Crippen LogP contribution in [0, 0.1) is 5.82 Å². The van der Waals surface area contributed by atoms with Gasteiger partial charge in [0.2, 0.25) is 0 Å². The standard InChI is InChI=1S/C18H23FN2OS/c19-16-5-3-15(4-6-16)12-20-8-9-21(17(13-20)7-10-22)14-18-2-1-11-23-18/h1-6,11,17,22H,7-10,12-14H2/t17-/m1/s1. The van der Waals surface area contributed by atoms with E-state index in [-0.39, 0.29) is 12.4 Å². The molecule has 0 unspecified atom stereocenters. The van der Waals surface area contributed by atoms with E-state index in [1.165, 1.54) is 17.0 Å². The molecule has 3 nitrogen and oxygen atoms in total. The number of hydrogen-bond acceptors (Lipinski definition) is 4. The van der Waals surface area contributed by atoms with E-state index in [2.05, 4.69) is 27.3 Å². The number of halogens is 1. The van der Waals surface area contributed by atoms with Crippen molar-refractivity contribution in [3.63, 3.8) is 0 Å². The molecule has 1 aromatic heterocycles. The van der Waals surface area contributed by atoms with Gasteiger partial charge < -0.3 is 5.11 Å². The van der Waals surface area contributed by atoms with Crippen molar-refractivity contribution >= 4 is 11.3 Å². The number of thiophene rings is 1. The van der Waals surface area contributed by atoms with Crippen LogP contribution in [0.15, 0.2) is 41.8 Å². The number of nitrogens with zero attached hydrogens (tertiary/aromatic N) is 2. The second-order valence-electron chi connectivity index (χ2n) is 6.08. The van der Waals surface area contributed by atoms with Gasteiger partial charge in [0.05, 0.1) is 0 Å². The summed E-state index contributed by atoms with van der Waals surface area (Å²) in [6, 6.07) is 11.4. The Morgan fingerprint density at radius 2 is 1.96 bits per heavy atom. The lowest BCUT2D eigenvalue weighted by Crippen LogP contribution is -2.52. The lowest BCUT2D eigenvalue weighted by Gasteiger charge is -2.41. The van der Waals surface area contributed by atoms with Crippen molar-refractivity contribution in [1.82, 2.24) is 9.80 Å². The second-order valence-corrected chi connectivity index (χ2v) is 7.11. The maximum Gasteiger partial charge on any atom is 0.123 e. The lowest BCUT2D eigenvalue weighted by molar-refractivity contribution is 0.0506. The van der Waals surface area contributed by atoms with Crippen LogP contribution < -0.4 is 0 Å². The molecule has 3 rings (SSSR count). The van der Waals surface area contributed by atoms with Crippen LogP contribution in [0.3, 0.4) is 0 Å². The van der Waals surface area contributed by atoms with Gasteiger partial charge in [-0.05, 0) is 35.6 Å². The van der Waals surface area contributed by atoms with Crippen molar-refractivity contribution in [3.05, 3.63) is 58.0 Å². The van der Waals surface area contributed by atoms with Crippen LogP contribution in [0.5, 0.6) is 0 Å². The SMILES string of the molecule is OCC[C@@H]1CN(Cc2ccc(F)cc2)CCN1Cc1cccs1. The quantitative estimate of drug-likeness (QED) is 0.880. The number of aliphatic hydroxyl groups is 1. The van der Waals surface area contributed by atoms with E-state index in [9.17, 15) is 9.50 Å². The molecule has 1 aromatic carbocycles. The average Bonchev–Trinajstić information content (AvgIpc) is 3.05. The number of hydrogen-bond donors (Lipinski definition) is 1. The van der Waals surface area contributed by atoms with Crippen LogP contribution in [0.2, 0.25) is 0 Å². The van der Waals surface area contributed by atoms with Crippen LogP contribution in [0.25, 0.3) is 0 Å². The molecule has 23 heavy (non-hydrogen) atoms. The van der Waals surface area contributed by atoms with Crippen LogP contribution in [-0.2, 0) is 13.1 Å². The lowest BCUT2D eigenvalue weighted by atomic mass is 10.1. The van der Waals surface area contributed by atoms with Gasteiger partial charge in [-0.3, -0.25) is 9.80 Å². The third kappa shape index (κ3) is 4.61. The van der Waals surface area contributed by atoms with Gasteiger partial charge in [0, 0.05) is 50.2 Å². The zero-order chi connectivity index (χ0) is 16.1. The topological polar surface area (TPSA) is 26.7 Å². The van der Waals surface area contributed by atoms with Gasteiger partial charge >= 0.3 is 0 Å². The fraction of sp³-hybridized carbons (Fsp3) is 0.444. The summed E-state index contributed by atoms with van der Waals surface area (Å²) in [5, 5.41) is 11.5. The van der Waals surface area contributed by atoms with Crippen molar-refractivity contribution in [2.24, 2.45) is 0 Å². The van der Waals surface area contributed by atoms with Crippen LogP contribution in [0.1, 0.15) is 16.9 Å². The molecule has 1 atom stereocenters. The maximum atomic E-state index is 13.0. The molecule has 2 aromatic rings. The van der Waals surface area contributed by atoms with Crippen LogP contribution in [-0.4, -0.2) is 47.2 Å². The Bertz CT molecular complexity index is 588. The molecule has 2 heterocycles. The third-order valence-corrected chi connectivity index (χ3v) is 5.27. The summed E-state index contributed by atoms with van der Waals surface area (Å²) in [6.45, 7) is 4.98. The van der Waals surface area contributed by atoms with E-state index < -0.39 is 0 Å². The molecule has 1 aliphatic rings. The summed E-state index contributed by atoms with van der Waals surface area (Å²) in [4.78, 5) is 6.25. The van der Waals surface area contributed by atoms with Gasteiger partial charge in [0.1, 0.15) is 5.82 Å². The van der Waals surface area contributed by atoms with Crippen LogP contribution in [0.4, 0.5) is 4.39 Å². The molecule has 5 heteroatoms. The fourth-order valence-corrected chi connectivity index (χ4v) is 3.91. The van der Waals surface area contributed by atoms with Gasteiger partial charge in [-0.15, -0.1) is 11.3 Å². The summed E-state index contributed by atoms with van der Waals surface area (Å²) in [5.41, 5.74) is 1.14. The molecule has 0 saturated carbocycles. The molecule has 1 saturated heterocycles. The molecule has 124 valence electrons. The normalized spacial score (nSPS) is 20.0. The van der Waals surface area contributed by atoms with E-state index in [1.807, 2.05) is 12.1 Å². The first kappa shape index (κ1) is 16.6. The first-order valence-corrected chi connectivity index (χ1v) is 8.96. The Balaban J connectivity index is 1.60. The monoisotopic (exact) mass is 334 g/mol. The minimum atomic E-state index is -0.187. The first-order chi connectivity index (χ1) is 11.2. The predicted octanol–water partition coefficient (Wildman–Crippen LogP) is 2.96. The van der Waals surface area contributed by atoms with Crippen molar-refractivity contribution in [3.8, 4) is 0 Å². The van der Waals surface area contributed by atoms with E-state index in [0.717, 1.165) is 44.7 Å². The molecular formula is C18H23FN2OS. The molecule has 0 amide bonds. The van der Waals surface area contributed by atoms with Gasteiger partial charge in [-0.25, -0.2) is 4.39 Å². The zero-order valence-corrected chi connectivity index (χ0v) is 14.0. The highest BCUT2D eigenvalue weighted by Crippen LogP contribution is 2.20. The molecule has 0 aliphatic carbocycles. The number of aliphatic hydroxyl groups excluding tert-OH is 1. The van der Waals surface area contributed by atoms with E-state index >= 15 is 0 Å². The summed E-state index contributed by atoms with van der Waals surface area (Å²) < 4.78 is 13.0. The molecule has 0 spiro atoms. The summed E-state index contributed by atoms with van der Waals surface area (Å²) in [6.07, 6.45) is 0.797. The maximum absolute atomic E-state index is 13.0. The van der Waals surface area contributed by atoms with E-state index in [1.54, 1.807) is 11.3 Å². The molecule has 1 aliphatic heterocycles. The molecule has 1 fully saturated rings. The van der Waals surface area contributed by atoms with Crippen molar-refractivity contribution < 1.29 is 9.50 Å². The van der Waals surface area contributed by atoms with Gasteiger partial charge in [0.15, 0.2) is 0 Å². The molecule has 0 radical (unpaired) electrons. The predicted molar refractivity (Wildman–Crippen MR) is 91.9 cm³/mol. The average molecular weight is 334 g/mol. The molecular weight excluding hydrogens is 311 g/mol. The van der Waals surface area contributed by atoms with E-state index in [0.29, 0.717) is 6.04 Å². The largest absolute Gasteiger partial charge is 0.396 e. The minimum Gasteiger partial charge on any atom is -0.396 e. The van der Waals surface area contributed by atoms with Crippen molar-refractivity contribution in [2.75, 3.05) is 26.2 Å². The van der Waals surface area contributed by atoms with Crippen molar-refractivity contribution in [1.29, 1.82) is 0 Å². The Labute approximate surface area is 141 Å². The summed E-state index contributed by atoms with van der Waals surface area (Å²) in [7, 11) is 0. The van der Waals surface area contributed by atoms with Gasteiger partial charge in [-0.2, -0.15) is 0 Å². The second kappa shape index (κ2) is 8.02. The summed E-state index contributed by atoms with van der Waals surface area (Å²) >= 11 is 1.79. The third-order valence-electron chi connectivity index (χ3n) is 4.41. The highest BCUT2D eigenvalue weighted by atomic mass is 32.1. The zero-order valence-electron chi connectivity index (χ0n) is 13.2. The number of benzene rings is 1. The first-order valence-electron chi connectivity index (χ1n) is 8.08. The Morgan fingerprint density at radius 3 is 2.65 bits per heavy atom. The van der Waals surface area contributed by atoms with Gasteiger partial charge in [0.25, 0.3) is 0 Å². The highest BCUT2D eigenvalue weighted by Gasteiger charge is 2.26. The molecule has 1 N–H and O–H groups in total. The van der Waals surface area contributed by atoms with Gasteiger partial charge in [-0.1, -0.05) is 18.2 Å². The Morgan fingerprint density at radius 1 is 1.13 bits per heavy atom. The Kier molecular flexibility index (Phi) is 5.78. The smallest absolute Gasteiger partial charge is 0.123 e. The number of rotatable bonds is 6. The minimum absolute atomic E-state index is 0.187. The van der Waals surface area contributed by atoms with Crippen molar-refractivity contribution in [2.45, 2.75) is 25.6 Å². The highest BCUT2D eigenvalue weighted by molar-refractivity contribution is 7.09. The molecule has 0 bridgehead atoms. The summed E-state index contributed by atoms with van der Waals surface area (Å²) in [5.74, 6) is -0.187. The Hall–Kier alpha value is -1.27.